The molecule has 8 atom stereocenters. The van der Waals surface area contributed by atoms with E-state index in [0.29, 0.717) is 12.5 Å². The summed E-state index contributed by atoms with van der Waals surface area (Å²) in [5.41, 5.74) is 1.22. The lowest BCUT2D eigenvalue weighted by Gasteiger charge is -2.51. The number of rotatable bonds is 5. The first kappa shape index (κ1) is 20.5. The number of benzene rings is 1. The second-order valence-corrected chi connectivity index (χ2v) is 10.6. The number of carbonyl (C=O) groups is 1. The zero-order chi connectivity index (χ0) is 21.1. The van der Waals surface area contributed by atoms with E-state index in [-0.39, 0.29) is 41.0 Å². The Morgan fingerprint density at radius 1 is 1.27 bits per heavy atom. The fourth-order valence-electron chi connectivity index (χ4n) is 6.81. The van der Waals surface area contributed by atoms with E-state index in [1.165, 1.54) is 19.3 Å². The Morgan fingerprint density at radius 2 is 2.00 bits per heavy atom. The van der Waals surface area contributed by atoms with E-state index in [2.05, 4.69) is 11.8 Å². The van der Waals surface area contributed by atoms with Crippen LogP contribution in [0, 0.1) is 23.2 Å². The van der Waals surface area contributed by atoms with Crippen LogP contribution in [0.25, 0.3) is 0 Å². The number of carbonyl (C=O) groups excluding carboxylic acids is 1. The van der Waals surface area contributed by atoms with Crippen molar-refractivity contribution in [2.24, 2.45) is 23.2 Å². The molecule has 5 heteroatoms. The van der Waals surface area contributed by atoms with Crippen molar-refractivity contribution in [2.45, 2.75) is 69.8 Å². The van der Waals surface area contributed by atoms with Gasteiger partial charge >= 0.3 is 5.97 Å². The Labute approximate surface area is 179 Å². The number of esters is 1. The van der Waals surface area contributed by atoms with Gasteiger partial charge in [0.2, 0.25) is 0 Å². The molecule has 30 heavy (non-hydrogen) atoms. The molecule has 1 spiro atoms. The van der Waals surface area contributed by atoms with Crippen LogP contribution in [-0.4, -0.2) is 53.9 Å². The summed E-state index contributed by atoms with van der Waals surface area (Å²) in [5.74, 6) is 0.631. The van der Waals surface area contributed by atoms with Gasteiger partial charge in [0.05, 0.1) is 24.2 Å². The maximum atomic E-state index is 12.9. The highest BCUT2D eigenvalue weighted by atomic mass is 16.6. The van der Waals surface area contributed by atoms with Gasteiger partial charge in [-0.2, -0.15) is 0 Å². The topological polar surface area (TPSA) is 62.3 Å². The molecule has 0 amide bonds. The number of aliphatic hydroxyl groups excluding tert-OH is 1. The zero-order valence-electron chi connectivity index (χ0n) is 18.4. The summed E-state index contributed by atoms with van der Waals surface area (Å²) in [5, 5.41) is 10.8. The van der Waals surface area contributed by atoms with Gasteiger partial charge in [0, 0.05) is 18.5 Å². The van der Waals surface area contributed by atoms with Crippen LogP contribution in [-0.2, 0) is 14.3 Å². The Kier molecular flexibility index (Phi) is 4.99. The molecule has 1 N–H and O–H groups in total. The molecule has 2 aliphatic heterocycles. The highest BCUT2D eigenvalue weighted by molar-refractivity contribution is 5.75. The molecule has 164 valence electrons. The zero-order valence-corrected chi connectivity index (χ0v) is 18.4. The summed E-state index contributed by atoms with van der Waals surface area (Å²) >= 11 is 0. The van der Waals surface area contributed by atoms with Crippen molar-refractivity contribution in [3.05, 3.63) is 35.9 Å². The first-order chi connectivity index (χ1) is 14.3. The molecular formula is C25H35NO4. The molecule has 2 saturated heterocycles. The molecule has 5 rings (SSSR count). The van der Waals surface area contributed by atoms with Crippen molar-refractivity contribution in [3.63, 3.8) is 0 Å². The highest BCUT2D eigenvalue weighted by Crippen LogP contribution is 2.62. The number of likely N-dealkylation sites (N-methyl/N-ethyl adjacent to an activating group) is 1. The Morgan fingerprint density at radius 3 is 2.70 bits per heavy atom. The average Bonchev–Trinajstić information content (AvgIpc) is 3.44. The van der Waals surface area contributed by atoms with Crippen molar-refractivity contribution >= 4 is 5.97 Å². The number of hydrogen-bond acceptors (Lipinski definition) is 5. The molecule has 0 radical (unpaired) electrons. The lowest BCUT2D eigenvalue weighted by molar-refractivity contribution is -0.147. The number of ether oxygens (including phenoxy) is 2. The maximum Gasteiger partial charge on any atom is 0.310 e. The third-order valence-electron chi connectivity index (χ3n) is 8.86. The first-order valence-corrected chi connectivity index (χ1v) is 11.6. The minimum atomic E-state index is -0.583. The third-order valence-corrected chi connectivity index (χ3v) is 8.86. The molecule has 0 bridgehead atoms. The van der Waals surface area contributed by atoms with Crippen molar-refractivity contribution < 1.29 is 19.4 Å². The second kappa shape index (κ2) is 7.32. The molecule has 4 aliphatic rings. The number of epoxide rings is 1. The van der Waals surface area contributed by atoms with Crippen molar-refractivity contribution in [3.8, 4) is 0 Å². The SMILES string of the molecule is C[C@@H]([C@@H](O)c1ccccc1)N(C)C[C@H]1C(=O)O[C@@H]2C[C@@]3(C)CCC[C@]4(CO4)[C@@H]3C[C@@H]21. The van der Waals surface area contributed by atoms with Crippen molar-refractivity contribution in [2.75, 3.05) is 20.2 Å². The lowest BCUT2D eigenvalue weighted by Crippen LogP contribution is -2.51. The first-order valence-electron chi connectivity index (χ1n) is 11.6. The monoisotopic (exact) mass is 413 g/mol. The third kappa shape index (κ3) is 3.30. The van der Waals surface area contributed by atoms with Gasteiger partial charge in [0.25, 0.3) is 0 Å². The van der Waals surface area contributed by atoms with Crippen molar-refractivity contribution in [1.29, 1.82) is 0 Å². The van der Waals surface area contributed by atoms with Crippen LogP contribution in [0.5, 0.6) is 0 Å². The lowest BCUT2D eigenvalue weighted by atomic mass is 9.53. The predicted octanol–water partition coefficient (Wildman–Crippen LogP) is 3.57. The van der Waals surface area contributed by atoms with Crippen LogP contribution in [0.1, 0.15) is 57.6 Å². The van der Waals surface area contributed by atoms with Crippen LogP contribution < -0.4 is 0 Å². The normalized spacial score (nSPS) is 41.8. The van der Waals surface area contributed by atoms with Crippen LogP contribution in [0.2, 0.25) is 0 Å². The Hall–Kier alpha value is -1.43. The second-order valence-electron chi connectivity index (χ2n) is 10.6. The van der Waals surface area contributed by atoms with Gasteiger partial charge in [-0.05, 0) is 63.0 Å². The number of nitrogens with zero attached hydrogens (tertiary/aromatic N) is 1. The smallest absolute Gasteiger partial charge is 0.310 e. The van der Waals surface area contributed by atoms with Gasteiger partial charge in [0.1, 0.15) is 6.10 Å². The minimum Gasteiger partial charge on any atom is -0.462 e. The van der Waals surface area contributed by atoms with Gasteiger partial charge < -0.3 is 14.6 Å². The van der Waals surface area contributed by atoms with E-state index >= 15 is 0 Å². The molecule has 1 aromatic rings. The number of aliphatic hydroxyl groups is 1. The molecular weight excluding hydrogens is 378 g/mol. The minimum absolute atomic E-state index is 0.0420. The van der Waals surface area contributed by atoms with E-state index < -0.39 is 6.10 Å². The molecule has 2 saturated carbocycles. The van der Waals surface area contributed by atoms with Gasteiger partial charge in [0.15, 0.2) is 0 Å². The van der Waals surface area contributed by atoms with Gasteiger partial charge in [-0.25, -0.2) is 0 Å². The number of fused-ring (bicyclic) bond motifs is 3. The van der Waals surface area contributed by atoms with Gasteiger partial charge in [-0.1, -0.05) is 37.3 Å². The van der Waals surface area contributed by atoms with Crippen LogP contribution in [0.15, 0.2) is 30.3 Å². The van der Waals surface area contributed by atoms with Crippen LogP contribution in [0.3, 0.4) is 0 Å². The highest BCUT2D eigenvalue weighted by Gasteiger charge is 2.65. The summed E-state index contributed by atoms with van der Waals surface area (Å²) in [6.07, 6.45) is 5.07. The molecule has 2 aliphatic carbocycles. The molecule has 4 fully saturated rings. The molecule has 2 heterocycles. The average molecular weight is 414 g/mol. The quantitative estimate of drug-likeness (QED) is 0.591. The van der Waals surface area contributed by atoms with Gasteiger partial charge in [-0.3, -0.25) is 9.69 Å². The Balaban J connectivity index is 1.30. The van der Waals surface area contributed by atoms with E-state index in [4.69, 9.17) is 9.47 Å². The summed E-state index contributed by atoms with van der Waals surface area (Å²) in [4.78, 5) is 15.0. The summed E-state index contributed by atoms with van der Waals surface area (Å²) < 4.78 is 12.0. The van der Waals surface area contributed by atoms with Crippen LogP contribution in [0.4, 0.5) is 0 Å². The maximum absolute atomic E-state index is 12.9. The Bertz CT molecular complexity index is 794. The van der Waals surface area contributed by atoms with Crippen molar-refractivity contribution in [1.82, 2.24) is 4.90 Å². The van der Waals surface area contributed by atoms with E-state index in [9.17, 15) is 9.90 Å². The van der Waals surface area contributed by atoms with E-state index in [1.54, 1.807) is 0 Å². The standard InChI is InChI=1S/C25H35NO4/c1-16(22(27)17-8-5-4-6-9-17)26(3)14-19-18-12-21-24(2,13-20(18)30-23(19)28)10-7-11-25(21)15-29-25/h4-6,8-9,16,18-22,27H,7,10-15H2,1-3H3/t16-,18+,19+,20+,21+,22+,24+,25-/m0/s1. The molecule has 0 aromatic heterocycles. The fraction of sp³-hybridized carbons (Fsp3) is 0.720. The summed E-state index contributed by atoms with van der Waals surface area (Å²) in [6.45, 7) is 5.94. The fourth-order valence-corrected chi connectivity index (χ4v) is 6.81. The van der Waals surface area contributed by atoms with Gasteiger partial charge in [-0.15, -0.1) is 0 Å². The molecule has 1 aromatic carbocycles. The molecule has 0 unspecified atom stereocenters. The van der Waals surface area contributed by atoms with E-state index in [0.717, 1.165) is 25.0 Å². The predicted molar refractivity (Wildman–Crippen MR) is 114 cm³/mol. The van der Waals surface area contributed by atoms with Crippen LogP contribution >= 0.6 is 0 Å². The molecule has 5 nitrogen and oxygen atoms in total. The number of hydrogen-bond donors (Lipinski definition) is 1. The largest absolute Gasteiger partial charge is 0.462 e. The van der Waals surface area contributed by atoms with E-state index in [1.807, 2.05) is 44.3 Å². The summed E-state index contributed by atoms with van der Waals surface area (Å²) in [6, 6.07) is 9.68. The summed E-state index contributed by atoms with van der Waals surface area (Å²) in [7, 11) is 2.01.